The van der Waals surface area contributed by atoms with Gasteiger partial charge in [0.15, 0.2) is 0 Å². The molecule has 5 heteroatoms. The molecule has 0 aromatic heterocycles. The first-order valence-electron chi connectivity index (χ1n) is 10.7. The zero-order chi connectivity index (χ0) is 22.7. The number of halogens is 2. The maximum absolute atomic E-state index is 14.1. The summed E-state index contributed by atoms with van der Waals surface area (Å²) < 4.78 is 14.1. The zero-order valence-electron chi connectivity index (χ0n) is 18.5. The Bertz CT molecular complexity index is 1160. The SMILES string of the molecule is CN=C(NC1=CC=C(F)C(C)(Cl)C1)C1=C(NC)CC(c2ccccc2)=C1c1ccccc1. The molecule has 4 rings (SSSR count). The normalized spacial score (nSPS) is 21.5. The van der Waals surface area contributed by atoms with Gasteiger partial charge in [-0.15, -0.1) is 11.6 Å². The lowest BCUT2D eigenvalue weighted by Gasteiger charge is -2.27. The van der Waals surface area contributed by atoms with Crippen molar-refractivity contribution in [2.24, 2.45) is 4.99 Å². The van der Waals surface area contributed by atoms with Crippen LogP contribution in [0.1, 0.15) is 30.9 Å². The zero-order valence-corrected chi connectivity index (χ0v) is 19.3. The van der Waals surface area contributed by atoms with Gasteiger partial charge in [-0.25, -0.2) is 4.39 Å². The smallest absolute Gasteiger partial charge is 0.134 e. The fourth-order valence-corrected chi connectivity index (χ4v) is 4.46. The van der Waals surface area contributed by atoms with Crippen molar-refractivity contribution in [3.63, 3.8) is 0 Å². The highest BCUT2D eigenvalue weighted by Crippen LogP contribution is 2.43. The van der Waals surface area contributed by atoms with Crippen LogP contribution in [0.3, 0.4) is 0 Å². The van der Waals surface area contributed by atoms with E-state index in [1.165, 1.54) is 17.2 Å². The van der Waals surface area contributed by atoms with Crippen molar-refractivity contribution in [2.45, 2.75) is 24.6 Å². The molecule has 164 valence electrons. The summed E-state index contributed by atoms with van der Waals surface area (Å²) in [5, 5.41) is 6.83. The van der Waals surface area contributed by atoms with E-state index in [0.717, 1.165) is 40.4 Å². The van der Waals surface area contributed by atoms with Crippen molar-refractivity contribution in [1.29, 1.82) is 0 Å². The molecular formula is C27H27ClFN3. The lowest BCUT2D eigenvalue weighted by Crippen LogP contribution is -2.32. The van der Waals surface area contributed by atoms with Crippen LogP contribution in [0.15, 0.2) is 101 Å². The Hall–Kier alpha value is -3.11. The van der Waals surface area contributed by atoms with E-state index in [-0.39, 0.29) is 5.83 Å². The molecule has 0 radical (unpaired) electrons. The molecule has 0 amide bonds. The van der Waals surface area contributed by atoms with Gasteiger partial charge in [-0.2, -0.15) is 0 Å². The molecule has 0 fully saturated rings. The number of nitrogens with zero attached hydrogens (tertiary/aromatic N) is 1. The van der Waals surface area contributed by atoms with Crippen LogP contribution in [0, 0.1) is 0 Å². The van der Waals surface area contributed by atoms with Crippen molar-refractivity contribution in [1.82, 2.24) is 10.6 Å². The lowest BCUT2D eigenvalue weighted by atomic mass is 9.92. The van der Waals surface area contributed by atoms with E-state index in [1.807, 2.05) is 31.3 Å². The Labute approximate surface area is 194 Å². The summed E-state index contributed by atoms with van der Waals surface area (Å²) in [5.41, 5.74) is 7.62. The largest absolute Gasteiger partial charge is 0.391 e. The van der Waals surface area contributed by atoms with Crippen LogP contribution in [0.25, 0.3) is 11.1 Å². The van der Waals surface area contributed by atoms with Crippen molar-refractivity contribution >= 4 is 28.6 Å². The third-order valence-corrected chi connectivity index (χ3v) is 6.20. The van der Waals surface area contributed by atoms with E-state index in [2.05, 4.69) is 52.0 Å². The van der Waals surface area contributed by atoms with Gasteiger partial charge >= 0.3 is 0 Å². The van der Waals surface area contributed by atoms with Crippen molar-refractivity contribution in [3.8, 4) is 0 Å². The number of hydrogen-bond acceptors (Lipinski definition) is 2. The molecule has 2 aliphatic carbocycles. The van der Waals surface area contributed by atoms with Crippen LogP contribution in [0.4, 0.5) is 4.39 Å². The first-order valence-corrected chi connectivity index (χ1v) is 11.1. The Kier molecular flexibility index (Phi) is 6.33. The fraction of sp³-hybridized carbons (Fsp3) is 0.222. The van der Waals surface area contributed by atoms with Gasteiger partial charge in [0.1, 0.15) is 11.7 Å². The minimum atomic E-state index is -1.06. The van der Waals surface area contributed by atoms with E-state index < -0.39 is 4.87 Å². The van der Waals surface area contributed by atoms with E-state index in [9.17, 15) is 4.39 Å². The van der Waals surface area contributed by atoms with E-state index in [1.54, 1.807) is 20.0 Å². The minimum Gasteiger partial charge on any atom is -0.391 e. The molecule has 2 aromatic rings. The monoisotopic (exact) mass is 447 g/mol. The lowest BCUT2D eigenvalue weighted by molar-refractivity contribution is 0.503. The summed E-state index contributed by atoms with van der Waals surface area (Å²) in [7, 11) is 3.71. The maximum atomic E-state index is 14.1. The second kappa shape index (κ2) is 9.17. The van der Waals surface area contributed by atoms with Gasteiger partial charge < -0.3 is 10.6 Å². The predicted octanol–water partition coefficient (Wildman–Crippen LogP) is 6.23. The average Bonchev–Trinajstić information content (AvgIpc) is 3.20. The third-order valence-electron chi connectivity index (χ3n) is 5.88. The van der Waals surface area contributed by atoms with E-state index in [0.29, 0.717) is 6.42 Å². The van der Waals surface area contributed by atoms with Gasteiger partial charge in [-0.1, -0.05) is 60.7 Å². The van der Waals surface area contributed by atoms with Crippen LogP contribution < -0.4 is 10.6 Å². The molecular weight excluding hydrogens is 421 g/mol. The number of benzene rings is 2. The number of allylic oxidation sites excluding steroid dienone is 5. The van der Waals surface area contributed by atoms with Gasteiger partial charge in [-0.3, -0.25) is 4.99 Å². The minimum absolute atomic E-state index is 0.327. The summed E-state index contributed by atoms with van der Waals surface area (Å²) in [6.45, 7) is 1.69. The van der Waals surface area contributed by atoms with Crippen LogP contribution in [-0.2, 0) is 0 Å². The highest BCUT2D eigenvalue weighted by molar-refractivity contribution is 6.26. The van der Waals surface area contributed by atoms with Crippen LogP contribution in [-0.4, -0.2) is 24.8 Å². The predicted molar refractivity (Wildman–Crippen MR) is 133 cm³/mol. The molecule has 1 unspecified atom stereocenters. The number of nitrogens with one attached hydrogen (secondary N) is 2. The molecule has 2 aliphatic rings. The third kappa shape index (κ3) is 4.28. The second-order valence-electron chi connectivity index (χ2n) is 8.14. The second-order valence-corrected chi connectivity index (χ2v) is 8.98. The number of rotatable bonds is 5. The summed E-state index contributed by atoms with van der Waals surface area (Å²) in [4.78, 5) is 3.55. The van der Waals surface area contributed by atoms with Gasteiger partial charge in [-0.05, 0) is 41.3 Å². The summed E-state index contributed by atoms with van der Waals surface area (Å²) in [6.07, 6.45) is 4.29. The molecule has 0 heterocycles. The standard InChI is InChI=1S/C27H27ClFN3/c1-27(28)17-20(14-15-23(27)29)32-26(31-3)25-22(30-2)16-21(18-10-6-4-7-11-18)24(25)19-12-8-5-9-13-19/h4-15,30H,16-17H2,1-3H3,(H,31,32). The number of aliphatic imine (C=N–C) groups is 1. The Balaban J connectivity index is 1.81. The van der Waals surface area contributed by atoms with Crippen LogP contribution in [0.2, 0.25) is 0 Å². The van der Waals surface area contributed by atoms with Gasteiger partial charge in [0.25, 0.3) is 0 Å². The Morgan fingerprint density at radius 1 is 1.00 bits per heavy atom. The Morgan fingerprint density at radius 2 is 1.62 bits per heavy atom. The Morgan fingerprint density at radius 3 is 2.19 bits per heavy atom. The highest BCUT2D eigenvalue weighted by Gasteiger charge is 2.33. The molecule has 32 heavy (non-hydrogen) atoms. The first kappa shape index (κ1) is 22.1. The van der Waals surface area contributed by atoms with Crippen molar-refractivity contribution in [3.05, 3.63) is 107 Å². The molecule has 3 nitrogen and oxygen atoms in total. The van der Waals surface area contributed by atoms with Crippen molar-refractivity contribution < 1.29 is 4.39 Å². The molecule has 0 aliphatic heterocycles. The quantitative estimate of drug-likeness (QED) is 0.324. The van der Waals surface area contributed by atoms with Crippen molar-refractivity contribution in [2.75, 3.05) is 14.1 Å². The van der Waals surface area contributed by atoms with Crippen LogP contribution >= 0.6 is 11.6 Å². The van der Waals surface area contributed by atoms with Gasteiger partial charge in [0.2, 0.25) is 0 Å². The summed E-state index contributed by atoms with van der Waals surface area (Å²) >= 11 is 6.39. The van der Waals surface area contributed by atoms with Crippen LogP contribution in [0.5, 0.6) is 0 Å². The first-order chi connectivity index (χ1) is 15.4. The molecule has 2 N–H and O–H groups in total. The summed E-state index contributed by atoms with van der Waals surface area (Å²) in [6, 6.07) is 20.8. The maximum Gasteiger partial charge on any atom is 0.134 e. The molecule has 2 aromatic carbocycles. The number of amidine groups is 1. The molecule has 1 atom stereocenters. The van der Waals surface area contributed by atoms with Gasteiger partial charge in [0, 0.05) is 43.9 Å². The molecule has 0 spiro atoms. The number of alkyl halides is 1. The van der Waals surface area contributed by atoms with E-state index >= 15 is 0 Å². The molecule has 0 saturated heterocycles. The topological polar surface area (TPSA) is 36.4 Å². The summed E-state index contributed by atoms with van der Waals surface area (Å²) in [5.74, 6) is 0.403. The average molecular weight is 448 g/mol. The fourth-order valence-electron chi connectivity index (χ4n) is 4.26. The van der Waals surface area contributed by atoms with E-state index in [4.69, 9.17) is 11.6 Å². The molecule has 0 saturated carbocycles. The molecule has 0 bridgehead atoms. The highest BCUT2D eigenvalue weighted by atomic mass is 35.5. The van der Waals surface area contributed by atoms with Gasteiger partial charge in [0.05, 0.1) is 4.87 Å². The number of hydrogen-bond donors (Lipinski definition) is 2.